The van der Waals surface area contributed by atoms with Gasteiger partial charge in [-0.1, -0.05) is 6.08 Å². The molecule has 0 saturated carbocycles. The van der Waals surface area contributed by atoms with E-state index in [-0.39, 0.29) is 11.5 Å². The van der Waals surface area contributed by atoms with Crippen molar-refractivity contribution in [2.24, 2.45) is 0 Å². The standard InChI is InChI=1S/C11H16N4O2/c1-3-4-5-8-14(2)10-7-6-9(15(16)17)11(12)13-10/h3,6-7H,1,4-5,8H2,2H3,(H2,12,13). The van der Waals surface area contributed by atoms with Crippen molar-refractivity contribution in [3.05, 3.63) is 34.9 Å². The highest BCUT2D eigenvalue weighted by molar-refractivity contribution is 5.57. The van der Waals surface area contributed by atoms with E-state index >= 15 is 0 Å². The number of nitrogens with two attached hydrogens (primary N) is 1. The SMILES string of the molecule is C=CCCCN(C)c1ccc([N+](=O)[O-])c(N)n1. The molecule has 6 nitrogen and oxygen atoms in total. The molecule has 0 saturated heterocycles. The summed E-state index contributed by atoms with van der Waals surface area (Å²) in [6.45, 7) is 4.45. The second-order valence-corrected chi connectivity index (χ2v) is 3.68. The Morgan fingerprint density at radius 1 is 1.65 bits per heavy atom. The molecule has 0 fully saturated rings. The van der Waals surface area contributed by atoms with Crippen molar-refractivity contribution >= 4 is 17.3 Å². The van der Waals surface area contributed by atoms with Crippen molar-refractivity contribution in [1.82, 2.24) is 4.98 Å². The number of aromatic nitrogens is 1. The van der Waals surface area contributed by atoms with E-state index in [1.807, 2.05) is 18.0 Å². The zero-order valence-corrected chi connectivity index (χ0v) is 9.80. The Morgan fingerprint density at radius 3 is 2.88 bits per heavy atom. The van der Waals surface area contributed by atoms with Gasteiger partial charge in [-0.15, -0.1) is 6.58 Å². The maximum absolute atomic E-state index is 10.6. The summed E-state index contributed by atoms with van der Waals surface area (Å²) < 4.78 is 0. The van der Waals surface area contributed by atoms with E-state index in [0.717, 1.165) is 19.4 Å². The summed E-state index contributed by atoms with van der Waals surface area (Å²) in [7, 11) is 1.87. The average Bonchev–Trinajstić information content (AvgIpc) is 2.28. The van der Waals surface area contributed by atoms with Crippen molar-refractivity contribution in [2.45, 2.75) is 12.8 Å². The van der Waals surface area contributed by atoms with Crippen LogP contribution in [0, 0.1) is 10.1 Å². The Bertz CT molecular complexity index is 420. The van der Waals surface area contributed by atoms with Crippen LogP contribution in [0.2, 0.25) is 0 Å². The van der Waals surface area contributed by atoms with Crippen molar-refractivity contribution in [1.29, 1.82) is 0 Å². The highest BCUT2D eigenvalue weighted by Gasteiger charge is 2.14. The molecule has 1 rings (SSSR count). The summed E-state index contributed by atoms with van der Waals surface area (Å²) >= 11 is 0. The molecule has 0 aliphatic heterocycles. The molecule has 0 aliphatic rings. The number of unbranched alkanes of at least 4 members (excludes halogenated alkanes) is 1. The fraction of sp³-hybridized carbons (Fsp3) is 0.364. The summed E-state index contributed by atoms with van der Waals surface area (Å²) in [5.74, 6) is 0.584. The van der Waals surface area contributed by atoms with E-state index in [9.17, 15) is 10.1 Å². The molecule has 0 radical (unpaired) electrons. The fourth-order valence-corrected chi connectivity index (χ4v) is 1.41. The first kappa shape index (κ1) is 13.0. The van der Waals surface area contributed by atoms with E-state index in [1.165, 1.54) is 6.07 Å². The third kappa shape index (κ3) is 3.44. The van der Waals surface area contributed by atoms with Gasteiger partial charge >= 0.3 is 5.69 Å². The lowest BCUT2D eigenvalue weighted by molar-refractivity contribution is -0.384. The average molecular weight is 236 g/mol. The lowest BCUT2D eigenvalue weighted by Crippen LogP contribution is -2.20. The highest BCUT2D eigenvalue weighted by Crippen LogP contribution is 2.22. The number of nitrogen functional groups attached to an aromatic ring is 1. The van der Waals surface area contributed by atoms with Crippen LogP contribution in [0.4, 0.5) is 17.3 Å². The molecule has 1 aromatic heterocycles. The van der Waals surface area contributed by atoms with Crippen molar-refractivity contribution < 1.29 is 4.92 Å². The zero-order chi connectivity index (χ0) is 12.8. The molecule has 0 amide bonds. The summed E-state index contributed by atoms with van der Waals surface area (Å²) in [5.41, 5.74) is 5.36. The molecule has 0 unspecified atom stereocenters. The van der Waals surface area contributed by atoms with Gasteiger partial charge in [0.15, 0.2) is 0 Å². The van der Waals surface area contributed by atoms with Crippen molar-refractivity contribution in [3.63, 3.8) is 0 Å². The molecule has 1 aromatic rings. The van der Waals surface area contributed by atoms with Crippen LogP contribution in [0.1, 0.15) is 12.8 Å². The molecule has 17 heavy (non-hydrogen) atoms. The number of pyridine rings is 1. The van der Waals surface area contributed by atoms with Crippen LogP contribution in [0.5, 0.6) is 0 Å². The maximum atomic E-state index is 10.6. The molecule has 2 N–H and O–H groups in total. The van der Waals surface area contributed by atoms with Crippen LogP contribution in [-0.4, -0.2) is 23.5 Å². The van der Waals surface area contributed by atoms with Crippen molar-refractivity contribution in [2.75, 3.05) is 24.2 Å². The molecule has 1 heterocycles. The molecule has 0 bridgehead atoms. The predicted molar refractivity (Wildman–Crippen MR) is 68.0 cm³/mol. The third-order valence-corrected chi connectivity index (χ3v) is 2.38. The second kappa shape index (κ2) is 5.83. The summed E-state index contributed by atoms with van der Waals surface area (Å²) in [4.78, 5) is 16.0. The Hall–Kier alpha value is -2.11. The first-order valence-electron chi connectivity index (χ1n) is 5.29. The lowest BCUT2D eigenvalue weighted by Gasteiger charge is -2.17. The van der Waals surface area contributed by atoms with E-state index in [2.05, 4.69) is 11.6 Å². The quantitative estimate of drug-likeness (QED) is 0.353. The van der Waals surface area contributed by atoms with Gasteiger partial charge in [-0.05, 0) is 18.9 Å². The topological polar surface area (TPSA) is 85.3 Å². The van der Waals surface area contributed by atoms with Gasteiger partial charge in [0.1, 0.15) is 5.82 Å². The van der Waals surface area contributed by atoms with Crippen LogP contribution < -0.4 is 10.6 Å². The van der Waals surface area contributed by atoms with Gasteiger partial charge in [-0.25, -0.2) is 4.98 Å². The van der Waals surface area contributed by atoms with Gasteiger partial charge < -0.3 is 10.6 Å². The Labute approximate surface area is 99.9 Å². The monoisotopic (exact) mass is 236 g/mol. The molecular weight excluding hydrogens is 220 g/mol. The summed E-state index contributed by atoms with van der Waals surface area (Å²) in [6.07, 6.45) is 3.73. The van der Waals surface area contributed by atoms with E-state index in [4.69, 9.17) is 5.73 Å². The van der Waals surface area contributed by atoms with Crippen LogP contribution in [-0.2, 0) is 0 Å². The number of hydrogen-bond donors (Lipinski definition) is 1. The first-order chi connectivity index (χ1) is 8.06. The summed E-state index contributed by atoms with van der Waals surface area (Å²) in [6, 6.07) is 2.98. The predicted octanol–water partition coefficient (Wildman–Crippen LogP) is 1.97. The number of nitrogens with zero attached hydrogens (tertiary/aromatic N) is 3. The first-order valence-corrected chi connectivity index (χ1v) is 5.29. The largest absolute Gasteiger partial charge is 0.378 e. The van der Waals surface area contributed by atoms with Crippen LogP contribution in [0.15, 0.2) is 24.8 Å². The van der Waals surface area contributed by atoms with Crippen LogP contribution in [0.25, 0.3) is 0 Å². The number of allylic oxidation sites excluding steroid dienone is 1. The molecule has 0 aliphatic carbocycles. The maximum Gasteiger partial charge on any atom is 0.311 e. The minimum Gasteiger partial charge on any atom is -0.378 e. The Balaban J connectivity index is 2.75. The number of hydrogen-bond acceptors (Lipinski definition) is 5. The lowest BCUT2D eigenvalue weighted by atomic mass is 10.3. The van der Waals surface area contributed by atoms with Gasteiger partial charge in [-0.3, -0.25) is 10.1 Å². The third-order valence-electron chi connectivity index (χ3n) is 2.38. The van der Waals surface area contributed by atoms with Crippen LogP contribution >= 0.6 is 0 Å². The molecule has 6 heteroatoms. The molecule has 92 valence electrons. The smallest absolute Gasteiger partial charge is 0.311 e. The number of rotatable bonds is 6. The second-order valence-electron chi connectivity index (χ2n) is 3.68. The van der Waals surface area contributed by atoms with Gasteiger partial charge in [0.2, 0.25) is 5.82 Å². The highest BCUT2D eigenvalue weighted by atomic mass is 16.6. The zero-order valence-electron chi connectivity index (χ0n) is 9.80. The van der Waals surface area contributed by atoms with E-state index < -0.39 is 4.92 Å². The minimum absolute atomic E-state index is 0.0527. The fourth-order valence-electron chi connectivity index (χ4n) is 1.41. The van der Waals surface area contributed by atoms with Gasteiger partial charge in [0, 0.05) is 19.7 Å². The number of nitro groups is 1. The van der Waals surface area contributed by atoms with Gasteiger partial charge in [-0.2, -0.15) is 0 Å². The normalized spacial score (nSPS) is 9.94. The number of anilines is 2. The van der Waals surface area contributed by atoms with E-state index in [1.54, 1.807) is 6.07 Å². The van der Waals surface area contributed by atoms with Gasteiger partial charge in [0.05, 0.1) is 4.92 Å². The molecule has 0 atom stereocenters. The van der Waals surface area contributed by atoms with Crippen LogP contribution in [0.3, 0.4) is 0 Å². The molecular formula is C11H16N4O2. The minimum atomic E-state index is -0.538. The molecule has 0 spiro atoms. The molecule has 0 aromatic carbocycles. The Morgan fingerprint density at radius 2 is 2.35 bits per heavy atom. The van der Waals surface area contributed by atoms with Gasteiger partial charge in [0.25, 0.3) is 0 Å². The summed E-state index contributed by atoms with van der Waals surface area (Å²) in [5, 5.41) is 10.6. The van der Waals surface area contributed by atoms with Crippen molar-refractivity contribution in [3.8, 4) is 0 Å². The Kier molecular flexibility index (Phi) is 4.45. The van der Waals surface area contributed by atoms with E-state index in [0.29, 0.717) is 5.82 Å².